The smallest absolute Gasteiger partial charge is 0.255 e. The van der Waals surface area contributed by atoms with Crippen molar-refractivity contribution in [3.63, 3.8) is 0 Å². The van der Waals surface area contributed by atoms with Crippen LogP contribution >= 0.6 is 0 Å². The Hall–Kier alpha value is -3.11. The van der Waals surface area contributed by atoms with Crippen molar-refractivity contribution in [1.29, 1.82) is 0 Å². The monoisotopic (exact) mass is 449 g/mol. The lowest BCUT2D eigenvalue weighted by Gasteiger charge is -2.33. The molecule has 4 heterocycles. The van der Waals surface area contributed by atoms with Crippen molar-refractivity contribution in [1.82, 2.24) is 35.4 Å². The van der Waals surface area contributed by atoms with Gasteiger partial charge in [0.25, 0.3) is 5.91 Å². The molecule has 10 heteroatoms. The number of rotatable bonds is 5. The Morgan fingerprint density at radius 1 is 1.06 bits per heavy atom. The number of carbonyl (C=O) groups excluding carboxylic acids is 3. The van der Waals surface area contributed by atoms with Crippen LogP contribution in [0, 0.1) is 5.92 Å². The van der Waals surface area contributed by atoms with Crippen LogP contribution in [-0.4, -0.2) is 74.7 Å². The molecule has 1 saturated carbocycles. The minimum Gasteiger partial charge on any atom is -0.322 e. The normalized spacial score (nSPS) is 24.7. The van der Waals surface area contributed by atoms with E-state index in [1.165, 1.54) is 12.8 Å². The first-order valence-electron chi connectivity index (χ1n) is 11.7. The van der Waals surface area contributed by atoms with Crippen LogP contribution < -0.4 is 10.6 Å². The van der Waals surface area contributed by atoms with Crippen LogP contribution in [0.15, 0.2) is 24.4 Å². The average Bonchev–Trinajstić information content (AvgIpc) is 3.44. The van der Waals surface area contributed by atoms with Crippen LogP contribution in [0.25, 0.3) is 5.69 Å². The Bertz CT molecular complexity index is 1120. The predicted molar refractivity (Wildman–Crippen MR) is 117 cm³/mol. The minimum absolute atomic E-state index is 0.169. The number of fused-ring (bicyclic) bond motifs is 1. The first-order chi connectivity index (χ1) is 16.1. The Labute approximate surface area is 191 Å². The summed E-state index contributed by atoms with van der Waals surface area (Å²) in [5.41, 5.74) is 3.31. The van der Waals surface area contributed by atoms with E-state index in [4.69, 9.17) is 0 Å². The van der Waals surface area contributed by atoms with Crippen LogP contribution in [0.1, 0.15) is 53.3 Å². The minimum atomic E-state index is -0.609. The van der Waals surface area contributed by atoms with Gasteiger partial charge in [-0.1, -0.05) is 5.21 Å². The molecule has 4 aliphatic rings. The van der Waals surface area contributed by atoms with E-state index in [1.54, 1.807) is 15.6 Å². The summed E-state index contributed by atoms with van der Waals surface area (Å²) in [6.45, 7) is 4.39. The Kier molecular flexibility index (Phi) is 4.99. The second kappa shape index (κ2) is 8.03. The molecule has 2 saturated heterocycles. The molecule has 2 N–H and O–H groups in total. The Balaban J connectivity index is 1.23. The van der Waals surface area contributed by atoms with E-state index in [0.717, 1.165) is 43.1 Å². The van der Waals surface area contributed by atoms with Crippen LogP contribution in [0.2, 0.25) is 0 Å². The highest BCUT2D eigenvalue weighted by Gasteiger charge is 2.40. The van der Waals surface area contributed by atoms with Crippen LogP contribution in [0.5, 0.6) is 0 Å². The summed E-state index contributed by atoms with van der Waals surface area (Å²) < 4.78 is 1.78. The van der Waals surface area contributed by atoms with Crippen LogP contribution in [0.3, 0.4) is 0 Å². The first kappa shape index (κ1) is 20.5. The third-order valence-electron chi connectivity index (χ3n) is 7.20. The molecule has 0 spiro atoms. The number of piperidine rings is 1. The van der Waals surface area contributed by atoms with Gasteiger partial charge in [-0.05, 0) is 48.9 Å². The molecule has 3 amide bonds. The highest BCUT2D eigenvalue weighted by atomic mass is 16.2. The molecule has 1 aliphatic carbocycles. The van der Waals surface area contributed by atoms with Gasteiger partial charge in [-0.3, -0.25) is 24.6 Å². The SMILES string of the molecule is O=C1CCC(N2Cc3cc(-n4cc(C(C5CC5)N5CCNCC5)nn4)ccc3C2=O)C(=O)N1. The Morgan fingerprint density at radius 2 is 1.88 bits per heavy atom. The standard InChI is InChI=1S/C23H27N7O3/c31-20-6-5-19(22(32)25-20)29-12-15-11-16(3-4-17(15)23(29)33)30-13-18(26-27-30)21(14-1-2-14)28-9-7-24-8-10-28/h3-4,11,13-14,19,21,24H,1-2,5-10,12H2,(H,25,31,32). The number of benzene rings is 1. The van der Waals surface area contributed by atoms with Crippen molar-refractivity contribution in [2.45, 2.75) is 44.3 Å². The number of hydrogen-bond donors (Lipinski definition) is 2. The van der Waals surface area contributed by atoms with Crippen molar-refractivity contribution in [3.05, 3.63) is 41.2 Å². The number of carbonyl (C=O) groups is 3. The number of aromatic nitrogens is 3. The molecule has 2 atom stereocenters. The highest BCUT2D eigenvalue weighted by molar-refractivity contribution is 6.05. The van der Waals surface area contributed by atoms with Crippen molar-refractivity contribution in [2.75, 3.05) is 26.2 Å². The van der Waals surface area contributed by atoms with Crippen LogP contribution in [0.4, 0.5) is 0 Å². The molecule has 2 unspecified atom stereocenters. The van der Waals surface area contributed by atoms with Gasteiger partial charge in [0.15, 0.2) is 0 Å². The summed E-state index contributed by atoms with van der Waals surface area (Å²) in [7, 11) is 0. The maximum Gasteiger partial charge on any atom is 0.255 e. The zero-order valence-electron chi connectivity index (χ0n) is 18.4. The fraction of sp³-hybridized carbons (Fsp3) is 0.522. The zero-order valence-corrected chi connectivity index (χ0v) is 18.4. The summed E-state index contributed by atoms with van der Waals surface area (Å²) in [6, 6.07) is 5.33. The van der Waals surface area contributed by atoms with Gasteiger partial charge in [-0.2, -0.15) is 0 Å². The van der Waals surface area contributed by atoms with Crippen LogP contribution in [-0.2, 0) is 16.1 Å². The lowest BCUT2D eigenvalue weighted by molar-refractivity contribution is -0.136. The second-order valence-electron chi connectivity index (χ2n) is 9.40. The largest absolute Gasteiger partial charge is 0.322 e. The molecule has 0 radical (unpaired) electrons. The molecular weight excluding hydrogens is 422 g/mol. The van der Waals surface area contributed by atoms with Gasteiger partial charge in [0, 0.05) is 44.7 Å². The third kappa shape index (κ3) is 3.72. The number of nitrogens with zero attached hydrogens (tertiary/aromatic N) is 5. The predicted octanol–water partition coefficient (Wildman–Crippen LogP) is 0.385. The maximum atomic E-state index is 12.9. The number of imide groups is 1. The van der Waals surface area contributed by atoms with E-state index in [2.05, 4.69) is 25.8 Å². The molecule has 3 fully saturated rings. The van der Waals surface area contributed by atoms with E-state index in [-0.39, 0.29) is 18.2 Å². The van der Waals surface area contributed by atoms with Gasteiger partial charge < -0.3 is 10.2 Å². The molecule has 1 aromatic heterocycles. The molecule has 33 heavy (non-hydrogen) atoms. The fourth-order valence-corrected chi connectivity index (χ4v) is 5.34. The van der Waals surface area contributed by atoms with Gasteiger partial charge in [0.2, 0.25) is 11.8 Å². The molecule has 3 aliphatic heterocycles. The molecule has 10 nitrogen and oxygen atoms in total. The van der Waals surface area contributed by atoms with Gasteiger partial charge in [0.05, 0.1) is 17.9 Å². The van der Waals surface area contributed by atoms with Gasteiger partial charge in [-0.15, -0.1) is 5.10 Å². The quantitative estimate of drug-likeness (QED) is 0.635. The summed E-state index contributed by atoms with van der Waals surface area (Å²) in [6.07, 6.45) is 5.09. The summed E-state index contributed by atoms with van der Waals surface area (Å²) in [4.78, 5) is 40.8. The van der Waals surface area contributed by atoms with Crippen molar-refractivity contribution < 1.29 is 14.4 Å². The lowest BCUT2D eigenvalue weighted by Crippen LogP contribution is -2.52. The number of nitrogens with one attached hydrogen (secondary N) is 2. The molecule has 6 rings (SSSR count). The summed E-state index contributed by atoms with van der Waals surface area (Å²) in [5, 5.41) is 14.7. The molecule has 0 bridgehead atoms. The van der Waals surface area contributed by atoms with Crippen molar-refractivity contribution >= 4 is 17.7 Å². The topological polar surface area (TPSA) is 112 Å². The fourth-order valence-electron chi connectivity index (χ4n) is 5.34. The molecule has 1 aromatic carbocycles. The van der Waals surface area contributed by atoms with E-state index < -0.39 is 11.9 Å². The third-order valence-corrected chi connectivity index (χ3v) is 7.20. The molecule has 2 aromatic rings. The first-order valence-corrected chi connectivity index (χ1v) is 11.7. The van der Waals surface area contributed by atoms with E-state index >= 15 is 0 Å². The highest BCUT2D eigenvalue weighted by Crippen LogP contribution is 2.44. The average molecular weight is 450 g/mol. The van der Waals surface area contributed by atoms with Crippen molar-refractivity contribution in [2.24, 2.45) is 5.92 Å². The lowest BCUT2D eigenvalue weighted by atomic mass is 10.0. The van der Waals surface area contributed by atoms with E-state index in [9.17, 15) is 14.4 Å². The van der Waals surface area contributed by atoms with E-state index in [1.807, 2.05) is 18.3 Å². The van der Waals surface area contributed by atoms with E-state index in [0.29, 0.717) is 30.5 Å². The number of amides is 3. The number of hydrogen-bond acceptors (Lipinski definition) is 7. The van der Waals surface area contributed by atoms with Gasteiger partial charge in [-0.25, -0.2) is 4.68 Å². The zero-order chi connectivity index (χ0) is 22.5. The molecule has 172 valence electrons. The number of piperazine rings is 1. The van der Waals surface area contributed by atoms with Gasteiger partial charge in [0.1, 0.15) is 11.7 Å². The Morgan fingerprint density at radius 3 is 2.64 bits per heavy atom. The maximum absolute atomic E-state index is 12.9. The summed E-state index contributed by atoms with van der Waals surface area (Å²) >= 11 is 0. The van der Waals surface area contributed by atoms with Gasteiger partial charge >= 0.3 is 0 Å². The van der Waals surface area contributed by atoms with Crippen molar-refractivity contribution in [3.8, 4) is 5.69 Å². The summed E-state index contributed by atoms with van der Waals surface area (Å²) in [5.74, 6) is -0.201. The second-order valence-corrected chi connectivity index (χ2v) is 9.40. The molecular formula is C23H27N7O3.